The predicted octanol–water partition coefficient (Wildman–Crippen LogP) is 4.33. The molecular weight excluding hydrogens is 350 g/mol. The van der Waals surface area contributed by atoms with Crippen molar-refractivity contribution < 1.29 is 13.6 Å². The summed E-state index contributed by atoms with van der Waals surface area (Å²) < 4.78 is 10.7. The Hall–Kier alpha value is -2.25. The Morgan fingerprint density at radius 3 is 2.83 bits per heavy atom. The van der Waals surface area contributed by atoms with E-state index in [9.17, 15) is 4.79 Å². The SMILES string of the molecule is Cc1ccc(NC(=O)CSc2nnc(-c3ccoc3C)o2)c(Cl)c1. The molecule has 8 heteroatoms. The van der Waals surface area contributed by atoms with Gasteiger partial charge in [0.1, 0.15) is 5.76 Å². The minimum Gasteiger partial charge on any atom is -0.469 e. The second kappa shape index (κ2) is 7.11. The van der Waals surface area contributed by atoms with Crippen LogP contribution in [0.1, 0.15) is 11.3 Å². The molecule has 124 valence electrons. The van der Waals surface area contributed by atoms with Gasteiger partial charge in [0.25, 0.3) is 11.1 Å². The van der Waals surface area contributed by atoms with E-state index < -0.39 is 0 Å². The maximum atomic E-state index is 12.0. The third-order valence-electron chi connectivity index (χ3n) is 3.22. The highest BCUT2D eigenvalue weighted by Crippen LogP contribution is 2.27. The molecule has 0 saturated heterocycles. The highest BCUT2D eigenvalue weighted by Gasteiger charge is 2.14. The van der Waals surface area contributed by atoms with E-state index in [0.717, 1.165) is 22.9 Å². The van der Waals surface area contributed by atoms with Crippen LogP contribution in [0.25, 0.3) is 11.5 Å². The predicted molar refractivity (Wildman–Crippen MR) is 92.3 cm³/mol. The van der Waals surface area contributed by atoms with E-state index >= 15 is 0 Å². The minimum absolute atomic E-state index is 0.135. The standard InChI is InChI=1S/C16H14ClN3O3S/c1-9-3-4-13(12(17)7-9)18-14(21)8-24-16-20-19-15(23-16)11-5-6-22-10(11)2/h3-7H,8H2,1-2H3,(H,18,21). The highest BCUT2D eigenvalue weighted by atomic mass is 35.5. The Labute approximate surface area is 147 Å². The van der Waals surface area contributed by atoms with E-state index in [1.807, 2.05) is 19.9 Å². The average molecular weight is 364 g/mol. The molecule has 0 atom stereocenters. The molecule has 2 aromatic heterocycles. The summed E-state index contributed by atoms with van der Waals surface area (Å²) in [4.78, 5) is 12.0. The number of amides is 1. The second-order valence-corrected chi connectivity index (χ2v) is 6.42. The zero-order chi connectivity index (χ0) is 17.1. The summed E-state index contributed by atoms with van der Waals surface area (Å²) in [7, 11) is 0. The zero-order valence-corrected chi connectivity index (χ0v) is 14.6. The lowest BCUT2D eigenvalue weighted by molar-refractivity contribution is -0.113. The number of hydrogen-bond acceptors (Lipinski definition) is 6. The van der Waals surface area contributed by atoms with Crippen LogP contribution in [0.15, 0.2) is 44.6 Å². The topological polar surface area (TPSA) is 81.2 Å². The van der Waals surface area contributed by atoms with E-state index in [1.54, 1.807) is 24.5 Å². The summed E-state index contributed by atoms with van der Waals surface area (Å²) in [5.74, 6) is 0.994. The van der Waals surface area contributed by atoms with Crippen LogP contribution in [-0.4, -0.2) is 21.9 Å². The van der Waals surface area contributed by atoms with Crippen molar-refractivity contribution in [1.29, 1.82) is 0 Å². The van der Waals surface area contributed by atoms with Gasteiger partial charge in [-0.15, -0.1) is 10.2 Å². The first-order valence-corrected chi connectivity index (χ1v) is 8.46. The van der Waals surface area contributed by atoms with Crippen molar-refractivity contribution in [3.63, 3.8) is 0 Å². The molecule has 1 aromatic carbocycles. The van der Waals surface area contributed by atoms with Crippen molar-refractivity contribution in [2.45, 2.75) is 19.1 Å². The molecule has 6 nitrogen and oxygen atoms in total. The van der Waals surface area contributed by atoms with E-state index in [2.05, 4.69) is 15.5 Å². The quantitative estimate of drug-likeness (QED) is 0.679. The molecule has 0 bridgehead atoms. The van der Waals surface area contributed by atoms with Gasteiger partial charge in [0.2, 0.25) is 5.91 Å². The number of anilines is 1. The molecule has 2 heterocycles. The van der Waals surface area contributed by atoms with E-state index in [-0.39, 0.29) is 11.7 Å². The molecule has 0 aliphatic rings. The van der Waals surface area contributed by atoms with E-state index in [0.29, 0.717) is 27.6 Å². The van der Waals surface area contributed by atoms with Gasteiger partial charge < -0.3 is 14.2 Å². The number of aryl methyl sites for hydroxylation is 2. The van der Waals surface area contributed by atoms with Crippen LogP contribution < -0.4 is 5.32 Å². The van der Waals surface area contributed by atoms with Crippen molar-refractivity contribution in [3.8, 4) is 11.5 Å². The van der Waals surface area contributed by atoms with Gasteiger partial charge in [-0.05, 0) is 37.6 Å². The number of halogens is 1. The Kier molecular flexibility index (Phi) is 4.92. The van der Waals surface area contributed by atoms with Crippen LogP contribution in [0.3, 0.4) is 0 Å². The first kappa shape index (κ1) is 16.6. The molecule has 0 spiro atoms. The first-order chi connectivity index (χ1) is 11.5. The number of carbonyl (C=O) groups is 1. The molecule has 0 aliphatic carbocycles. The van der Waals surface area contributed by atoms with Crippen LogP contribution in [0, 0.1) is 13.8 Å². The van der Waals surface area contributed by atoms with Crippen LogP contribution >= 0.6 is 23.4 Å². The Morgan fingerprint density at radius 1 is 1.29 bits per heavy atom. The molecule has 24 heavy (non-hydrogen) atoms. The van der Waals surface area contributed by atoms with Gasteiger partial charge in [-0.3, -0.25) is 4.79 Å². The molecule has 0 saturated carbocycles. The number of hydrogen-bond donors (Lipinski definition) is 1. The lowest BCUT2D eigenvalue weighted by Crippen LogP contribution is -2.14. The largest absolute Gasteiger partial charge is 0.469 e. The number of furan rings is 1. The van der Waals surface area contributed by atoms with Crippen molar-refractivity contribution in [3.05, 3.63) is 46.9 Å². The van der Waals surface area contributed by atoms with Crippen molar-refractivity contribution >= 4 is 35.0 Å². The van der Waals surface area contributed by atoms with Crippen LogP contribution in [0.5, 0.6) is 0 Å². The van der Waals surface area contributed by atoms with Crippen LogP contribution in [-0.2, 0) is 4.79 Å². The highest BCUT2D eigenvalue weighted by molar-refractivity contribution is 7.99. The molecule has 1 amide bonds. The summed E-state index contributed by atoms with van der Waals surface area (Å²) in [5, 5.41) is 11.4. The summed E-state index contributed by atoms with van der Waals surface area (Å²) in [6.07, 6.45) is 1.56. The number of carbonyl (C=O) groups excluding carboxylic acids is 1. The Bertz CT molecular complexity index is 875. The molecule has 0 unspecified atom stereocenters. The molecular formula is C16H14ClN3O3S. The zero-order valence-electron chi connectivity index (χ0n) is 13.0. The molecule has 0 radical (unpaired) electrons. The van der Waals surface area contributed by atoms with Gasteiger partial charge in [0, 0.05) is 0 Å². The lowest BCUT2D eigenvalue weighted by Gasteiger charge is -2.06. The molecule has 1 N–H and O–H groups in total. The second-order valence-electron chi connectivity index (χ2n) is 5.08. The van der Waals surface area contributed by atoms with Gasteiger partial charge in [-0.2, -0.15) is 0 Å². The lowest BCUT2D eigenvalue weighted by atomic mass is 10.2. The number of nitrogens with zero attached hydrogens (tertiary/aromatic N) is 2. The van der Waals surface area contributed by atoms with Gasteiger partial charge in [0.15, 0.2) is 0 Å². The number of rotatable bonds is 5. The van der Waals surface area contributed by atoms with Gasteiger partial charge >= 0.3 is 0 Å². The maximum absolute atomic E-state index is 12.0. The molecule has 3 rings (SSSR count). The fraction of sp³-hybridized carbons (Fsp3) is 0.188. The summed E-state index contributed by atoms with van der Waals surface area (Å²) in [5.41, 5.74) is 2.35. The van der Waals surface area contributed by atoms with Crippen molar-refractivity contribution in [2.24, 2.45) is 0 Å². The van der Waals surface area contributed by atoms with E-state index in [4.69, 9.17) is 20.4 Å². The summed E-state index contributed by atoms with van der Waals surface area (Å²) in [6.45, 7) is 3.74. The summed E-state index contributed by atoms with van der Waals surface area (Å²) >= 11 is 7.25. The summed E-state index contributed by atoms with van der Waals surface area (Å²) in [6, 6.07) is 7.20. The van der Waals surface area contributed by atoms with Crippen molar-refractivity contribution in [2.75, 3.05) is 11.1 Å². The number of nitrogens with one attached hydrogen (secondary N) is 1. The maximum Gasteiger partial charge on any atom is 0.277 e. The Balaban J connectivity index is 1.59. The Morgan fingerprint density at radius 2 is 2.12 bits per heavy atom. The number of aromatic nitrogens is 2. The van der Waals surface area contributed by atoms with E-state index in [1.165, 1.54) is 0 Å². The van der Waals surface area contributed by atoms with Gasteiger partial charge in [-0.25, -0.2) is 0 Å². The minimum atomic E-state index is -0.204. The molecule has 0 aliphatic heterocycles. The normalized spacial score (nSPS) is 10.8. The third-order valence-corrected chi connectivity index (χ3v) is 4.35. The van der Waals surface area contributed by atoms with Crippen molar-refractivity contribution in [1.82, 2.24) is 10.2 Å². The van der Waals surface area contributed by atoms with Gasteiger partial charge in [-0.1, -0.05) is 29.4 Å². The fourth-order valence-corrected chi connectivity index (χ4v) is 2.86. The first-order valence-electron chi connectivity index (χ1n) is 7.09. The monoisotopic (exact) mass is 363 g/mol. The third kappa shape index (κ3) is 3.80. The molecule has 3 aromatic rings. The van der Waals surface area contributed by atoms with Gasteiger partial charge in [0.05, 0.1) is 28.3 Å². The fourth-order valence-electron chi connectivity index (χ4n) is 2.02. The average Bonchev–Trinajstić information content (AvgIpc) is 3.16. The number of benzene rings is 1. The van der Waals surface area contributed by atoms with Crippen LogP contribution in [0.2, 0.25) is 5.02 Å². The molecule has 0 fully saturated rings. The van der Waals surface area contributed by atoms with Crippen LogP contribution in [0.4, 0.5) is 5.69 Å². The smallest absolute Gasteiger partial charge is 0.277 e. The number of thioether (sulfide) groups is 1.